The molecule has 0 N–H and O–H groups in total. The van der Waals surface area contributed by atoms with Gasteiger partial charge in [-0.15, -0.1) is 0 Å². The van der Waals surface area contributed by atoms with Gasteiger partial charge in [-0.2, -0.15) is 13.2 Å². The van der Waals surface area contributed by atoms with Crippen LogP contribution in [0.5, 0.6) is 0 Å². The lowest BCUT2D eigenvalue weighted by molar-refractivity contribution is -0.137. The number of halogens is 5. The molecule has 0 aromatic heterocycles. The number of rotatable bonds is 3. The maximum atomic E-state index is 14.4. The Bertz CT molecular complexity index is 926. The monoisotopic (exact) mass is 420 g/mol. The number of fused-ring (bicyclic) bond motifs is 3. The van der Waals surface area contributed by atoms with Crippen LogP contribution in [0.4, 0.5) is 22.0 Å². The van der Waals surface area contributed by atoms with Gasteiger partial charge < -0.3 is 0 Å². The number of hydrogen-bond donors (Lipinski definition) is 0. The van der Waals surface area contributed by atoms with Crippen LogP contribution in [0.1, 0.15) is 66.7 Å². The molecule has 0 amide bonds. The maximum Gasteiger partial charge on any atom is 0.416 e. The van der Waals surface area contributed by atoms with E-state index in [0.717, 1.165) is 55.0 Å². The Labute approximate surface area is 173 Å². The van der Waals surface area contributed by atoms with E-state index in [4.69, 9.17) is 0 Å². The van der Waals surface area contributed by atoms with Crippen LogP contribution in [0.25, 0.3) is 0 Å². The first-order valence-electron chi connectivity index (χ1n) is 10.6. The minimum Gasteiger partial charge on any atom is -0.207 e. The van der Waals surface area contributed by atoms with Gasteiger partial charge in [0.2, 0.25) is 0 Å². The molecule has 2 aromatic carbocycles. The van der Waals surface area contributed by atoms with Gasteiger partial charge in [0.15, 0.2) is 0 Å². The highest BCUT2D eigenvalue weighted by Gasteiger charge is 2.43. The first-order valence-corrected chi connectivity index (χ1v) is 10.6. The fraction of sp³-hybridized carbons (Fsp3) is 0.440. The van der Waals surface area contributed by atoms with Crippen molar-refractivity contribution >= 4 is 0 Å². The summed E-state index contributed by atoms with van der Waals surface area (Å²) in [4.78, 5) is 0. The molecule has 0 heterocycles. The number of allylic oxidation sites excluding steroid dienone is 2. The van der Waals surface area contributed by atoms with Crippen LogP contribution in [0.2, 0.25) is 0 Å². The van der Waals surface area contributed by atoms with E-state index in [-0.39, 0.29) is 23.7 Å². The van der Waals surface area contributed by atoms with Crippen LogP contribution in [0.3, 0.4) is 0 Å². The molecule has 2 aromatic rings. The van der Waals surface area contributed by atoms with Crippen molar-refractivity contribution in [1.29, 1.82) is 0 Å². The molecule has 1 fully saturated rings. The molecule has 0 saturated heterocycles. The molecule has 2 aliphatic rings. The largest absolute Gasteiger partial charge is 0.416 e. The molecule has 0 unspecified atom stereocenters. The molecular formula is C25H25F5. The van der Waals surface area contributed by atoms with Crippen LogP contribution in [0, 0.1) is 23.5 Å². The third-order valence-electron chi connectivity index (χ3n) is 6.81. The zero-order valence-electron chi connectivity index (χ0n) is 16.9. The summed E-state index contributed by atoms with van der Waals surface area (Å²) in [6.07, 6.45) is 3.78. The molecule has 4 rings (SSSR count). The summed E-state index contributed by atoms with van der Waals surface area (Å²) in [5.41, 5.74) is 1.58. The van der Waals surface area contributed by atoms with Crippen LogP contribution in [0.15, 0.2) is 48.6 Å². The highest BCUT2D eigenvalue weighted by Crippen LogP contribution is 2.54. The molecule has 0 aliphatic heterocycles. The van der Waals surface area contributed by atoms with E-state index < -0.39 is 23.4 Å². The highest BCUT2D eigenvalue weighted by atomic mass is 19.4. The third-order valence-corrected chi connectivity index (χ3v) is 6.81. The summed E-state index contributed by atoms with van der Waals surface area (Å²) in [6.45, 7) is 2.05. The summed E-state index contributed by atoms with van der Waals surface area (Å²) in [6, 6.07) is 7.88. The predicted molar refractivity (Wildman–Crippen MR) is 107 cm³/mol. The average molecular weight is 420 g/mol. The zero-order chi connectivity index (χ0) is 21.5. The fourth-order valence-corrected chi connectivity index (χ4v) is 5.54. The van der Waals surface area contributed by atoms with Gasteiger partial charge in [0.25, 0.3) is 0 Å². The van der Waals surface area contributed by atoms with E-state index >= 15 is 0 Å². The Morgan fingerprint density at radius 1 is 1.00 bits per heavy atom. The molecule has 1 saturated carbocycles. The van der Waals surface area contributed by atoms with Gasteiger partial charge in [0, 0.05) is 6.07 Å². The number of benzene rings is 2. The molecule has 0 spiro atoms. The Hall–Kier alpha value is -2.17. The maximum absolute atomic E-state index is 14.4. The number of hydrogen-bond acceptors (Lipinski definition) is 0. The normalized spacial score (nSPS) is 26.5. The Morgan fingerprint density at radius 2 is 1.73 bits per heavy atom. The average Bonchev–Trinajstić information content (AvgIpc) is 2.70. The summed E-state index contributed by atoms with van der Waals surface area (Å²) < 4.78 is 67.4. The standard InChI is InChI=1S/C25H25F5/c1-2-3-4-15-7-10-19-21(12-11-20-22(19)13-18(26)14-23(20)27)24(15)16-5-8-17(9-6-16)25(28,29)30/h3-6,8-9,13-15,19,21,24H,2,7,10-12H2,1H3/t15-,19-,21+,24-/m1/s1. The fourth-order valence-electron chi connectivity index (χ4n) is 5.54. The highest BCUT2D eigenvalue weighted by molar-refractivity contribution is 5.39. The summed E-state index contributed by atoms with van der Waals surface area (Å²) in [7, 11) is 0. The molecule has 160 valence electrons. The summed E-state index contributed by atoms with van der Waals surface area (Å²) >= 11 is 0. The lowest BCUT2D eigenvalue weighted by Crippen LogP contribution is -2.35. The van der Waals surface area contributed by atoms with E-state index in [1.807, 2.05) is 0 Å². The van der Waals surface area contributed by atoms with Crippen LogP contribution < -0.4 is 0 Å². The molecular weight excluding hydrogens is 395 g/mol. The van der Waals surface area contributed by atoms with Gasteiger partial charge in [-0.25, -0.2) is 8.78 Å². The smallest absolute Gasteiger partial charge is 0.207 e. The van der Waals surface area contributed by atoms with Crippen LogP contribution in [-0.4, -0.2) is 0 Å². The van der Waals surface area contributed by atoms with E-state index in [2.05, 4.69) is 19.1 Å². The molecule has 0 nitrogen and oxygen atoms in total. The zero-order valence-corrected chi connectivity index (χ0v) is 16.9. The number of alkyl halides is 3. The van der Waals surface area contributed by atoms with Crippen LogP contribution in [-0.2, 0) is 12.6 Å². The second-order valence-corrected chi connectivity index (χ2v) is 8.49. The van der Waals surface area contributed by atoms with Crippen molar-refractivity contribution < 1.29 is 22.0 Å². The van der Waals surface area contributed by atoms with Crippen molar-refractivity contribution in [2.45, 2.75) is 57.0 Å². The minimum atomic E-state index is -4.37. The molecule has 5 heteroatoms. The van der Waals surface area contributed by atoms with Crippen molar-refractivity contribution in [2.24, 2.45) is 11.8 Å². The van der Waals surface area contributed by atoms with Gasteiger partial charge in [-0.05, 0) is 90.7 Å². The quantitative estimate of drug-likeness (QED) is 0.351. The first kappa shape index (κ1) is 21.1. The lowest BCUT2D eigenvalue weighted by Gasteiger charge is -2.46. The Morgan fingerprint density at radius 3 is 2.40 bits per heavy atom. The second-order valence-electron chi connectivity index (χ2n) is 8.49. The van der Waals surface area contributed by atoms with Crippen molar-refractivity contribution in [3.63, 3.8) is 0 Å². The molecule has 0 radical (unpaired) electrons. The van der Waals surface area contributed by atoms with Gasteiger partial charge in [0.05, 0.1) is 5.56 Å². The van der Waals surface area contributed by atoms with Crippen molar-refractivity contribution in [1.82, 2.24) is 0 Å². The van der Waals surface area contributed by atoms with E-state index in [9.17, 15) is 22.0 Å². The van der Waals surface area contributed by atoms with Gasteiger partial charge >= 0.3 is 6.18 Å². The third kappa shape index (κ3) is 3.91. The molecule has 4 atom stereocenters. The van der Waals surface area contributed by atoms with Gasteiger partial charge in [0.1, 0.15) is 11.6 Å². The topological polar surface area (TPSA) is 0 Å². The predicted octanol–water partition coefficient (Wildman–Crippen LogP) is 7.79. The van der Waals surface area contributed by atoms with E-state index in [1.165, 1.54) is 6.07 Å². The first-order chi connectivity index (χ1) is 14.3. The lowest BCUT2D eigenvalue weighted by atomic mass is 9.58. The summed E-state index contributed by atoms with van der Waals surface area (Å²) in [5.74, 6) is -0.627. The van der Waals surface area contributed by atoms with Crippen LogP contribution >= 0.6 is 0 Å². The van der Waals surface area contributed by atoms with Crippen molar-refractivity contribution in [3.05, 3.63) is 82.4 Å². The van der Waals surface area contributed by atoms with E-state index in [1.54, 1.807) is 12.1 Å². The molecule has 30 heavy (non-hydrogen) atoms. The van der Waals surface area contributed by atoms with Gasteiger partial charge in [-0.1, -0.05) is 31.2 Å². The summed E-state index contributed by atoms with van der Waals surface area (Å²) in [5, 5.41) is 0. The molecule has 2 aliphatic carbocycles. The van der Waals surface area contributed by atoms with Crippen molar-refractivity contribution in [3.8, 4) is 0 Å². The molecule has 0 bridgehead atoms. The van der Waals surface area contributed by atoms with Crippen molar-refractivity contribution in [2.75, 3.05) is 0 Å². The second kappa shape index (κ2) is 8.16. The Balaban J connectivity index is 1.74. The Kier molecular flexibility index (Phi) is 5.73. The van der Waals surface area contributed by atoms with Gasteiger partial charge in [-0.3, -0.25) is 0 Å². The SMILES string of the molecule is CCC=C[C@@H]1CC[C@H]2c3cc(F)cc(F)c3CC[C@@H]2[C@H]1c1ccc(C(F)(F)F)cc1. The van der Waals surface area contributed by atoms with E-state index in [0.29, 0.717) is 12.0 Å². The minimum absolute atomic E-state index is 0.0255.